The zero-order chi connectivity index (χ0) is 21.3. The van der Waals surface area contributed by atoms with Gasteiger partial charge in [0, 0.05) is 11.3 Å². The van der Waals surface area contributed by atoms with Crippen molar-refractivity contribution in [1.82, 2.24) is 4.98 Å². The van der Waals surface area contributed by atoms with Gasteiger partial charge in [-0.05, 0) is 43.2 Å². The largest absolute Gasteiger partial charge is 0.453 e. The Bertz CT molecular complexity index is 1180. The second kappa shape index (κ2) is 8.08. The Labute approximate surface area is 176 Å². The molecular formula is C23H24N2O4S. The molecule has 4 rings (SSSR count). The SMILES string of the molecule is CCCc1cccc(-c2cccc3c2N(C(CC)S(=O)(=O)O)c2ccccc2O3)n1. The van der Waals surface area contributed by atoms with Gasteiger partial charge in [0.15, 0.2) is 16.9 Å². The van der Waals surface area contributed by atoms with Crippen LogP contribution in [0.2, 0.25) is 0 Å². The molecule has 6 nitrogen and oxygen atoms in total. The molecule has 2 aromatic carbocycles. The summed E-state index contributed by atoms with van der Waals surface area (Å²) in [5, 5.41) is -1.15. The molecule has 0 fully saturated rings. The Kier molecular flexibility index (Phi) is 5.49. The van der Waals surface area contributed by atoms with Gasteiger partial charge in [0.05, 0.1) is 17.1 Å². The van der Waals surface area contributed by atoms with Crippen molar-refractivity contribution >= 4 is 21.5 Å². The van der Waals surface area contributed by atoms with E-state index in [1.807, 2.05) is 42.5 Å². The summed E-state index contributed by atoms with van der Waals surface area (Å²) in [6, 6.07) is 18.6. The minimum absolute atomic E-state index is 0.199. The van der Waals surface area contributed by atoms with Gasteiger partial charge in [-0.25, -0.2) is 0 Å². The van der Waals surface area contributed by atoms with Crippen LogP contribution >= 0.6 is 0 Å². The molecule has 1 aromatic heterocycles. The minimum Gasteiger partial charge on any atom is -0.453 e. The summed E-state index contributed by atoms with van der Waals surface area (Å²) in [6.45, 7) is 3.84. The van der Waals surface area contributed by atoms with Crippen molar-refractivity contribution in [1.29, 1.82) is 0 Å². The van der Waals surface area contributed by atoms with E-state index in [4.69, 9.17) is 9.72 Å². The molecule has 30 heavy (non-hydrogen) atoms. The number of rotatable bonds is 6. The molecule has 1 aliphatic heterocycles. The molecule has 0 radical (unpaired) electrons. The van der Waals surface area contributed by atoms with Gasteiger partial charge in [0.2, 0.25) is 0 Å². The fourth-order valence-electron chi connectivity index (χ4n) is 3.89. The summed E-state index contributed by atoms with van der Waals surface area (Å²) in [7, 11) is -4.37. The molecule has 1 aliphatic rings. The van der Waals surface area contributed by atoms with Crippen LogP contribution in [0.15, 0.2) is 60.7 Å². The third-order valence-electron chi connectivity index (χ3n) is 5.15. The van der Waals surface area contributed by atoms with Crippen LogP contribution in [0.25, 0.3) is 11.3 Å². The van der Waals surface area contributed by atoms with Crippen LogP contribution in [-0.4, -0.2) is 23.3 Å². The lowest BCUT2D eigenvalue weighted by molar-refractivity contribution is 0.452. The molecule has 7 heteroatoms. The van der Waals surface area contributed by atoms with E-state index in [0.29, 0.717) is 22.9 Å². The molecule has 0 bridgehead atoms. The lowest BCUT2D eigenvalue weighted by atomic mass is 10.0. The van der Waals surface area contributed by atoms with E-state index in [9.17, 15) is 13.0 Å². The number of anilines is 2. The number of ether oxygens (including phenoxy) is 1. The highest BCUT2D eigenvalue weighted by Crippen LogP contribution is 2.52. The van der Waals surface area contributed by atoms with E-state index >= 15 is 0 Å². The molecule has 1 atom stereocenters. The Morgan fingerprint density at radius 1 is 1.00 bits per heavy atom. The molecule has 0 aliphatic carbocycles. The van der Waals surface area contributed by atoms with Crippen LogP contribution in [0, 0.1) is 0 Å². The Balaban J connectivity index is 1.97. The van der Waals surface area contributed by atoms with Gasteiger partial charge in [-0.2, -0.15) is 8.42 Å². The lowest BCUT2D eigenvalue weighted by Gasteiger charge is -2.37. The second-order valence-electron chi connectivity index (χ2n) is 7.23. The van der Waals surface area contributed by atoms with Gasteiger partial charge in [-0.3, -0.25) is 9.54 Å². The van der Waals surface area contributed by atoms with Crippen molar-refractivity contribution in [3.05, 3.63) is 66.4 Å². The van der Waals surface area contributed by atoms with Crippen molar-refractivity contribution in [2.75, 3.05) is 4.90 Å². The molecule has 3 aromatic rings. The zero-order valence-corrected chi connectivity index (χ0v) is 17.8. The summed E-state index contributed by atoms with van der Waals surface area (Å²) < 4.78 is 40.8. The molecule has 1 unspecified atom stereocenters. The molecule has 0 spiro atoms. The quantitative estimate of drug-likeness (QED) is 0.521. The number of para-hydroxylation sites is 3. The van der Waals surface area contributed by atoms with Gasteiger partial charge >= 0.3 is 0 Å². The van der Waals surface area contributed by atoms with Gasteiger partial charge in [0.25, 0.3) is 10.1 Å². The first-order chi connectivity index (χ1) is 14.4. The monoisotopic (exact) mass is 424 g/mol. The Morgan fingerprint density at radius 3 is 2.47 bits per heavy atom. The molecule has 1 N–H and O–H groups in total. The van der Waals surface area contributed by atoms with Crippen LogP contribution in [0.1, 0.15) is 32.4 Å². The van der Waals surface area contributed by atoms with Crippen molar-refractivity contribution in [2.45, 2.75) is 38.5 Å². The summed E-state index contributed by atoms with van der Waals surface area (Å²) in [6.07, 6.45) is 2.03. The van der Waals surface area contributed by atoms with Crippen molar-refractivity contribution in [2.24, 2.45) is 0 Å². The highest BCUT2D eigenvalue weighted by atomic mass is 32.2. The van der Waals surface area contributed by atoms with Gasteiger partial charge in [0.1, 0.15) is 0 Å². The van der Waals surface area contributed by atoms with E-state index < -0.39 is 15.5 Å². The third-order valence-corrected chi connectivity index (χ3v) is 6.39. The number of hydrogen-bond acceptors (Lipinski definition) is 5. The number of pyridine rings is 1. The lowest BCUT2D eigenvalue weighted by Crippen LogP contribution is -2.39. The number of fused-ring (bicyclic) bond motifs is 2. The highest BCUT2D eigenvalue weighted by Gasteiger charge is 2.37. The highest BCUT2D eigenvalue weighted by molar-refractivity contribution is 7.86. The first-order valence-electron chi connectivity index (χ1n) is 10.1. The molecule has 2 heterocycles. The van der Waals surface area contributed by atoms with Gasteiger partial charge < -0.3 is 9.64 Å². The van der Waals surface area contributed by atoms with Crippen LogP contribution in [-0.2, 0) is 16.5 Å². The van der Waals surface area contributed by atoms with Crippen molar-refractivity contribution < 1.29 is 17.7 Å². The molecule has 0 saturated heterocycles. The van der Waals surface area contributed by atoms with E-state index in [1.165, 1.54) is 0 Å². The topological polar surface area (TPSA) is 79.7 Å². The van der Waals surface area contributed by atoms with Crippen LogP contribution in [0.4, 0.5) is 11.4 Å². The number of nitrogens with zero attached hydrogens (tertiary/aromatic N) is 2. The Morgan fingerprint density at radius 2 is 1.73 bits per heavy atom. The third kappa shape index (κ3) is 3.66. The number of aryl methyl sites for hydroxylation is 1. The second-order valence-corrected chi connectivity index (χ2v) is 8.81. The Hall–Kier alpha value is -2.90. The van der Waals surface area contributed by atoms with E-state index in [-0.39, 0.29) is 6.42 Å². The average Bonchev–Trinajstić information content (AvgIpc) is 2.73. The standard InChI is InChI=1S/C23H24N2O4S/c1-3-9-16-10-7-12-18(24-16)17-11-8-15-21-23(17)25(22(4-2)30(26,27)28)19-13-5-6-14-20(19)29-21/h5-8,10-15,22H,3-4,9H2,1-2H3,(H,26,27,28). The fourth-order valence-corrected chi connectivity index (χ4v) is 4.80. The predicted molar refractivity (Wildman–Crippen MR) is 118 cm³/mol. The van der Waals surface area contributed by atoms with E-state index in [2.05, 4.69) is 6.92 Å². The van der Waals surface area contributed by atoms with Gasteiger partial charge in [-0.1, -0.05) is 50.6 Å². The molecule has 0 amide bonds. The van der Waals surface area contributed by atoms with E-state index in [1.54, 1.807) is 30.0 Å². The van der Waals surface area contributed by atoms with Gasteiger partial charge in [-0.15, -0.1) is 0 Å². The predicted octanol–water partition coefficient (Wildman–Crippen LogP) is 5.57. The number of aromatic nitrogens is 1. The first-order valence-corrected chi connectivity index (χ1v) is 11.6. The summed E-state index contributed by atoms with van der Waals surface area (Å²) >= 11 is 0. The maximum atomic E-state index is 12.3. The maximum Gasteiger partial charge on any atom is 0.286 e. The molecule has 156 valence electrons. The van der Waals surface area contributed by atoms with Crippen LogP contribution < -0.4 is 9.64 Å². The van der Waals surface area contributed by atoms with Crippen LogP contribution in [0.3, 0.4) is 0 Å². The first kappa shape index (κ1) is 20.4. The summed E-state index contributed by atoms with van der Waals surface area (Å²) in [5.41, 5.74) is 3.63. The summed E-state index contributed by atoms with van der Waals surface area (Å²) in [4.78, 5) is 6.44. The van der Waals surface area contributed by atoms with E-state index in [0.717, 1.165) is 29.8 Å². The molecular weight excluding hydrogens is 400 g/mol. The fraction of sp³-hybridized carbons (Fsp3) is 0.261. The normalized spacial score (nSPS) is 13.9. The smallest absolute Gasteiger partial charge is 0.286 e. The number of hydrogen-bond donors (Lipinski definition) is 1. The average molecular weight is 425 g/mol. The zero-order valence-electron chi connectivity index (χ0n) is 16.9. The number of benzene rings is 2. The molecule has 0 saturated carbocycles. The maximum absolute atomic E-state index is 12.3. The minimum atomic E-state index is -4.37. The van der Waals surface area contributed by atoms with Crippen molar-refractivity contribution in [3.8, 4) is 22.8 Å². The van der Waals surface area contributed by atoms with Crippen molar-refractivity contribution in [3.63, 3.8) is 0 Å². The van der Waals surface area contributed by atoms with Crippen LogP contribution in [0.5, 0.6) is 11.5 Å². The summed E-state index contributed by atoms with van der Waals surface area (Å²) in [5.74, 6) is 1.06.